The average molecular weight is 380 g/mol. The molecule has 0 saturated carbocycles. The number of halogens is 3. The Morgan fingerprint density at radius 3 is 2.37 bits per heavy atom. The van der Waals surface area contributed by atoms with Gasteiger partial charge >= 0.3 is 12.1 Å². The highest BCUT2D eigenvalue weighted by Gasteiger charge is 2.38. The van der Waals surface area contributed by atoms with Crippen LogP contribution in [0.4, 0.5) is 19.0 Å². The van der Waals surface area contributed by atoms with Gasteiger partial charge < -0.3 is 13.7 Å². The minimum atomic E-state index is -4.62. The number of aromatic nitrogens is 4. The van der Waals surface area contributed by atoms with E-state index in [-0.39, 0.29) is 12.4 Å². The fraction of sp³-hybridized carbons (Fsp3) is 0.375. The summed E-state index contributed by atoms with van der Waals surface area (Å²) in [5.41, 5.74) is 0.652. The maximum atomic E-state index is 12.5. The largest absolute Gasteiger partial charge is 0.470 e. The molecule has 11 heteroatoms. The first-order valence-electron chi connectivity index (χ1n) is 8.23. The molecule has 0 N–H and O–H groups in total. The fourth-order valence-corrected chi connectivity index (χ4v) is 2.81. The van der Waals surface area contributed by atoms with Crippen LogP contribution in [0.1, 0.15) is 11.8 Å². The van der Waals surface area contributed by atoms with Crippen molar-refractivity contribution in [2.75, 3.05) is 31.1 Å². The molecule has 0 bridgehead atoms. The number of furan rings is 1. The Kier molecular flexibility index (Phi) is 4.52. The number of alkyl halides is 3. The minimum absolute atomic E-state index is 0.0432. The van der Waals surface area contributed by atoms with Gasteiger partial charge in [0.25, 0.3) is 0 Å². The van der Waals surface area contributed by atoms with E-state index >= 15 is 0 Å². The zero-order chi connectivity index (χ0) is 18.9. The molecule has 1 aliphatic rings. The average Bonchev–Trinajstić information content (AvgIpc) is 3.34. The SMILES string of the molecule is FC(F)(F)c1nnc(CN2CCN(c3ccc(-c4ccco4)nn3)CC2)o1. The molecule has 4 rings (SSSR count). The highest BCUT2D eigenvalue weighted by atomic mass is 19.4. The highest BCUT2D eigenvalue weighted by molar-refractivity contribution is 5.53. The van der Waals surface area contributed by atoms with Crippen LogP contribution in [0.15, 0.2) is 39.4 Å². The van der Waals surface area contributed by atoms with Gasteiger partial charge in [0, 0.05) is 26.2 Å². The second kappa shape index (κ2) is 6.99. The third kappa shape index (κ3) is 3.92. The standard InChI is InChI=1S/C16H15F3N6O2/c17-16(18,19)15-23-22-14(27-15)10-24-5-7-25(8-6-24)13-4-3-11(20-21-13)12-2-1-9-26-12/h1-4,9H,5-8,10H2. The van der Waals surface area contributed by atoms with Crippen LogP contribution in [0.2, 0.25) is 0 Å². The van der Waals surface area contributed by atoms with Crippen molar-refractivity contribution in [3.63, 3.8) is 0 Å². The predicted octanol–water partition coefficient (Wildman–Crippen LogP) is 2.46. The summed E-state index contributed by atoms with van der Waals surface area (Å²) >= 11 is 0. The molecule has 0 atom stereocenters. The molecule has 0 unspecified atom stereocenters. The van der Waals surface area contributed by atoms with E-state index in [9.17, 15) is 13.2 Å². The van der Waals surface area contributed by atoms with Gasteiger partial charge in [-0.05, 0) is 24.3 Å². The monoisotopic (exact) mass is 380 g/mol. The van der Waals surface area contributed by atoms with Gasteiger partial charge in [0.05, 0.1) is 12.8 Å². The predicted molar refractivity (Wildman–Crippen MR) is 86.5 cm³/mol. The van der Waals surface area contributed by atoms with Gasteiger partial charge in [0.2, 0.25) is 5.89 Å². The van der Waals surface area contributed by atoms with Crippen LogP contribution in [-0.4, -0.2) is 51.5 Å². The van der Waals surface area contributed by atoms with E-state index in [1.54, 1.807) is 12.3 Å². The number of nitrogens with zero attached hydrogens (tertiary/aromatic N) is 6. The molecular weight excluding hydrogens is 365 g/mol. The molecule has 0 amide bonds. The summed E-state index contributed by atoms with van der Waals surface area (Å²) < 4.78 is 47.5. The number of anilines is 1. The molecule has 1 fully saturated rings. The quantitative estimate of drug-likeness (QED) is 0.683. The van der Waals surface area contributed by atoms with Crippen LogP contribution in [0, 0.1) is 0 Å². The van der Waals surface area contributed by atoms with E-state index in [0.29, 0.717) is 37.6 Å². The van der Waals surface area contributed by atoms with Gasteiger partial charge in [-0.2, -0.15) is 13.2 Å². The van der Waals surface area contributed by atoms with Crippen LogP contribution in [-0.2, 0) is 12.7 Å². The number of hydrogen-bond acceptors (Lipinski definition) is 8. The molecule has 1 saturated heterocycles. The van der Waals surface area contributed by atoms with Crippen LogP contribution >= 0.6 is 0 Å². The van der Waals surface area contributed by atoms with Crippen LogP contribution in [0.25, 0.3) is 11.5 Å². The first-order chi connectivity index (χ1) is 13.0. The van der Waals surface area contributed by atoms with Crippen molar-refractivity contribution in [1.29, 1.82) is 0 Å². The Hall–Kier alpha value is -2.95. The van der Waals surface area contributed by atoms with Gasteiger partial charge in [0.1, 0.15) is 5.69 Å². The van der Waals surface area contributed by atoms with Crippen molar-refractivity contribution in [3.8, 4) is 11.5 Å². The smallest absolute Gasteiger partial charge is 0.463 e. The molecule has 142 valence electrons. The molecule has 0 aromatic carbocycles. The van der Waals surface area contributed by atoms with E-state index in [0.717, 1.165) is 5.82 Å². The highest BCUT2D eigenvalue weighted by Crippen LogP contribution is 2.28. The first kappa shape index (κ1) is 17.5. The summed E-state index contributed by atoms with van der Waals surface area (Å²) in [6.45, 7) is 2.76. The van der Waals surface area contributed by atoms with Crippen LogP contribution < -0.4 is 4.90 Å². The normalized spacial score (nSPS) is 16.0. The van der Waals surface area contributed by atoms with Crippen LogP contribution in [0.3, 0.4) is 0 Å². The molecule has 4 heterocycles. The number of hydrogen-bond donors (Lipinski definition) is 0. The molecule has 8 nitrogen and oxygen atoms in total. The molecule has 1 aliphatic heterocycles. The lowest BCUT2D eigenvalue weighted by atomic mass is 10.3. The van der Waals surface area contributed by atoms with Gasteiger partial charge in [-0.3, -0.25) is 4.90 Å². The lowest BCUT2D eigenvalue weighted by molar-refractivity contribution is -0.157. The van der Waals surface area contributed by atoms with Gasteiger partial charge in [0.15, 0.2) is 11.6 Å². The lowest BCUT2D eigenvalue weighted by Gasteiger charge is -2.34. The number of piperazine rings is 1. The summed E-state index contributed by atoms with van der Waals surface area (Å²) in [7, 11) is 0. The molecule has 3 aromatic rings. The summed E-state index contributed by atoms with van der Waals surface area (Å²) in [5.74, 6) is 0.0279. The maximum Gasteiger partial charge on any atom is 0.470 e. The Morgan fingerprint density at radius 1 is 0.963 bits per heavy atom. The summed E-state index contributed by atoms with van der Waals surface area (Å²) in [5, 5.41) is 14.9. The van der Waals surface area contributed by atoms with E-state index in [4.69, 9.17) is 4.42 Å². The van der Waals surface area contributed by atoms with Gasteiger partial charge in [-0.1, -0.05) is 0 Å². The second-order valence-electron chi connectivity index (χ2n) is 6.02. The van der Waals surface area contributed by atoms with Crippen molar-refractivity contribution in [1.82, 2.24) is 25.3 Å². The number of rotatable bonds is 4. The fourth-order valence-electron chi connectivity index (χ4n) is 2.81. The third-order valence-corrected chi connectivity index (χ3v) is 4.19. The topological polar surface area (TPSA) is 84.3 Å². The Morgan fingerprint density at radius 2 is 1.78 bits per heavy atom. The molecule has 27 heavy (non-hydrogen) atoms. The van der Waals surface area contributed by atoms with E-state index in [2.05, 4.69) is 29.7 Å². The summed E-state index contributed by atoms with van der Waals surface area (Å²) in [6.07, 6.45) is -3.05. The van der Waals surface area contributed by atoms with E-state index in [1.165, 1.54) is 0 Å². The van der Waals surface area contributed by atoms with Crippen molar-refractivity contribution >= 4 is 5.82 Å². The molecule has 0 spiro atoms. The minimum Gasteiger partial charge on any atom is -0.463 e. The van der Waals surface area contributed by atoms with Crippen molar-refractivity contribution in [2.45, 2.75) is 12.7 Å². The Labute approximate surface area is 151 Å². The van der Waals surface area contributed by atoms with Gasteiger partial charge in [-0.25, -0.2) is 0 Å². The summed E-state index contributed by atoms with van der Waals surface area (Å²) in [4.78, 5) is 4.01. The maximum absolute atomic E-state index is 12.5. The van der Waals surface area contributed by atoms with Crippen molar-refractivity contribution in [3.05, 3.63) is 42.3 Å². The zero-order valence-corrected chi connectivity index (χ0v) is 14.1. The Balaban J connectivity index is 1.33. The summed E-state index contributed by atoms with van der Waals surface area (Å²) in [6, 6.07) is 7.30. The van der Waals surface area contributed by atoms with Crippen molar-refractivity contribution in [2.24, 2.45) is 0 Å². The molecular formula is C16H15F3N6O2. The van der Waals surface area contributed by atoms with Crippen molar-refractivity contribution < 1.29 is 22.0 Å². The Bertz CT molecular complexity index is 870. The van der Waals surface area contributed by atoms with E-state index < -0.39 is 12.1 Å². The molecule has 3 aromatic heterocycles. The zero-order valence-electron chi connectivity index (χ0n) is 14.1. The third-order valence-electron chi connectivity index (χ3n) is 4.19. The lowest BCUT2D eigenvalue weighted by Crippen LogP contribution is -2.46. The molecule has 0 aliphatic carbocycles. The van der Waals surface area contributed by atoms with E-state index in [1.807, 2.05) is 23.1 Å². The van der Waals surface area contributed by atoms with Crippen LogP contribution in [0.5, 0.6) is 0 Å². The van der Waals surface area contributed by atoms with Gasteiger partial charge in [-0.15, -0.1) is 20.4 Å². The molecule has 0 radical (unpaired) electrons. The first-order valence-corrected chi connectivity index (χ1v) is 8.23. The second-order valence-corrected chi connectivity index (χ2v) is 6.02.